The Morgan fingerprint density at radius 1 is 1.29 bits per heavy atom. The molecular formula is C15H18N2O3S. The highest BCUT2D eigenvalue weighted by atomic mass is 32.1. The Morgan fingerprint density at radius 3 is 2.38 bits per heavy atom. The van der Waals surface area contributed by atoms with E-state index < -0.39 is 5.54 Å². The van der Waals surface area contributed by atoms with Crippen molar-refractivity contribution < 1.29 is 15.0 Å². The Hall–Kier alpha value is -1.76. The van der Waals surface area contributed by atoms with E-state index in [1.54, 1.807) is 30.4 Å². The summed E-state index contributed by atoms with van der Waals surface area (Å²) in [5.74, 6) is -0.331. The maximum Gasteiger partial charge on any atom is 0.251 e. The van der Waals surface area contributed by atoms with Crippen molar-refractivity contribution in [2.24, 2.45) is 0 Å². The largest absolute Gasteiger partial charge is 0.394 e. The summed E-state index contributed by atoms with van der Waals surface area (Å²) in [6.45, 7) is 2.86. The first-order valence-electron chi connectivity index (χ1n) is 6.54. The lowest BCUT2D eigenvalue weighted by Gasteiger charge is -2.26. The molecule has 1 amide bonds. The fourth-order valence-electron chi connectivity index (χ4n) is 1.73. The predicted molar refractivity (Wildman–Crippen MR) is 82.3 cm³/mol. The van der Waals surface area contributed by atoms with Crippen molar-refractivity contribution in [3.63, 3.8) is 0 Å². The molecule has 0 aliphatic rings. The molecule has 0 aliphatic heterocycles. The summed E-state index contributed by atoms with van der Waals surface area (Å²) >= 11 is 1.56. The lowest BCUT2D eigenvalue weighted by molar-refractivity contribution is 0.0724. The highest BCUT2D eigenvalue weighted by Gasteiger charge is 2.25. The number of nitrogens with zero attached hydrogens (tertiary/aromatic N) is 1. The number of hydrogen-bond donors (Lipinski definition) is 3. The van der Waals surface area contributed by atoms with Crippen LogP contribution < -0.4 is 5.32 Å². The molecule has 1 aromatic heterocycles. The third kappa shape index (κ3) is 3.66. The van der Waals surface area contributed by atoms with Crippen molar-refractivity contribution in [2.45, 2.75) is 19.4 Å². The highest BCUT2D eigenvalue weighted by Crippen LogP contribution is 2.23. The van der Waals surface area contributed by atoms with Crippen LogP contribution in [-0.4, -0.2) is 39.9 Å². The topological polar surface area (TPSA) is 82.5 Å². The number of carbonyl (C=O) groups excluding carboxylic acids is 1. The molecule has 3 N–H and O–H groups in total. The van der Waals surface area contributed by atoms with Gasteiger partial charge in [-0.2, -0.15) is 0 Å². The zero-order chi connectivity index (χ0) is 15.5. The van der Waals surface area contributed by atoms with Crippen LogP contribution in [0.1, 0.15) is 23.0 Å². The molecule has 0 bridgehead atoms. The minimum absolute atomic E-state index is 0.328. The molecule has 112 valence electrons. The molecule has 1 aromatic carbocycles. The van der Waals surface area contributed by atoms with E-state index >= 15 is 0 Å². The molecule has 0 saturated carbocycles. The summed E-state index contributed by atoms with van der Waals surface area (Å²) in [7, 11) is 0. The fourth-order valence-corrected chi connectivity index (χ4v) is 2.53. The average molecular weight is 306 g/mol. The molecule has 0 spiro atoms. The Labute approximate surface area is 127 Å². The maximum atomic E-state index is 12.1. The van der Waals surface area contributed by atoms with E-state index in [9.17, 15) is 15.0 Å². The van der Waals surface area contributed by atoms with Crippen LogP contribution in [0.25, 0.3) is 10.6 Å². The zero-order valence-electron chi connectivity index (χ0n) is 12.0. The molecule has 2 aromatic rings. The Morgan fingerprint density at radius 2 is 1.90 bits per heavy atom. The van der Waals surface area contributed by atoms with E-state index in [-0.39, 0.29) is 19.1 Å². The Bertz CT molecular complexity index is 618. The molecule has 5 nitrogen and oxygen atoms in total. The van der Waals surface area contributed by atoms with Gasteiger partial charge in [-0.25, -0.2) is 4.98 Å². The smallest absolute Gasteiger partial charge is 0.251 e. The molecule has 21 heavy (non-hydrogen) atoms. The first-order chi connectivity index (χ1) is 9.97. The monoisotopic (exact) mass is 306 g/mol. The summed E-state index contributed by atoms with van der Waals surface area (Å²) in [6, 6.07) is 7.08. The van der Waals surface area contributed by atoms with Crippen LogP contribution in [0.3, 0.4) is 0 Å². The summed E-state index contributed by atoms with van der Waals surface area (Å²) < 4.78 is 0. The van der Waals surface area contributed by atoms with Crippen LogP contribution in [-0.2, 0) is 0 Å². The molecule has 0 aliphatic carbocycles. The number of nitrogens with one attached hydrogen (secondary N) is 1. The molecule has 0 atom stereocenters. The van der Waals surface area contributed by atoms with E-state index in [4.69, 9.17) is 0 Å². The van der Waals surface area contributed by atoms with Gasteiger partial charge in [0, 0.05) is 22.2 Å². The number of aromatic nitrogens is 1. The van der Waals surface area contributed by atoms with Gasteiger partial charge in [0.05, 0.1) is 18.8 Å². The summed E-state index contributed by atoms with van der Waals surface area (Å²) in [5.41, 5.74) is 1.37. The number of thiazole rings is 1. The van der Waals surface area contributed by atoms with E-state index in [2.05, 4.69) is 10.3 Å². The summed E-state index contributed by atoms with van der Waals surface area (Å²) in [6.07, 6.45) is 0. The van der Waals surface area contributed by atoms with Crippen molar-refractivity contribution in [3.8, 4) is 10.6 Å². The van der Waals surface area contributed by atoms with Crippen molar-refractivity contribution in [1.29, 1.82) is 0 Å². The Kier molecular flexibility index (Phi) is 4.72. The van der Waals surface area contributed by atoms with Crippen LogP contribution >= 0.6 is 11.3 Å². The standard InChI is InChI=1S/C15H18N2O3S/c1-10-7-21-14(16-10)12-5-3-11(4-6-12)13(20)17-15(2,8-18)9-19/h3-7,18-19H,8-9H2,1-2H3,(H,17,20). The van der Waals surface area contributed by atoms with Crippen molar-refractivity contribution in [1.82, 2.24) is 10.3 Å². The second kappa shape index (κ2) is 6.34. The molecule has 6 heteroatoms. The van der Waals surface area contributed by atoms with Crippen LogP contribution in [0, 0.1) is 6.92 Å². The number of aliphatic hydroxyl groups excluding tert-OH is 2. The van der Waals surface area contributed by atoms with Gasteiger partial charge in [-0.15, -0.1) is 11.3 Å². The van der Waals surface area contributed by atoms with Gasteiger partial charge in [0.25, 0.3) is 5.91 Å². The van der Waals surface area contributed by atoms with Crippen LogP contribution in [0.5, 0.6) is 0 Å². The van der Waals surface area contributed by atoms with Crippen LogP contribution in [0.2, 0.25) is 0 Å². The number of benzene rings is 1. The lowest BCUT2D eigenvalue weighted by atomic mass is 10.0. The number of amides is 1. The van der Waals surface area contributed by atoms with Gasteiger partial charge in [0.15, 0.2) is 0 Å². The van der Waals surface area contributed by atoms with Gasteiger partial charge in [-0.3, -0.25) is 4.79 Å². The minimum atomic E-state index is -1.03. The number of carbonyl (C=O) groups is 1. The normalized spacial score (nSPS) is 11.4. The average Bonchev–Trinajstić information content (AvgIpc) is 2.94. The molecule has 0 fully saturated rings. The number of hydrogen-bond acceptors (Lipinski definition) is 5. The fraction of sp³-hybridized carbons (Fsp3) is 0.333. The predicted octanol–water partition coefficient (Wildman–Crippen LogP) is 1.59. The molecule has 1 heterocycles. The maximum absolute atomic E-state index is 12.1. The molecule has 0 radical (unpaired) electrons. The number of rotatable bonds is 5. The van der Waals surface area contributed by atoms with Crippen molar-refractivity contribution in [3.05, 3.63) is 40.9 Å². The molecule has 0 unspecified atom stereocenters. The zero-order valence-corrected chi connectivity index (χ0v) is 12.8. The molecule has 0 saturated heterocycles. The lowest BCUT2D eigenvalue weighted by Crippen LogP contribution is -2.51. The van der Waals surface area contributed by atoms with E-state index in [1.807, 2.05) is 24.4 Å². The number of aryl methyl sites for hydroxylation is 1. The van der Waals surface area contributed by atoms with Gasteiger partial charge in [0.1, 0.15) is 5.01 Å². The van der Waals surface area contributed by atoms with E-state index in [0.717, 1.165) is 16.3 Å². The van der Waals surface area contributed by atoms with Crippen LogP contribution in [0.15, 0.2) is 29.6 Å². The van der Waals surface area contributed by atoms with Gasteiger partial charge in [0.2, 0.25) is 0 Å². The van der Waals surface area contributed by atoms with Crippen molar-refractivity contribution >= 4 is 17.2 Å². The third-order valence-electron chi connectivity index (χ3n) is 3.13. The minimum Gasteiger partial charge on any atom is -0.394 e. The summed E-state index contributed by atoms with van der Waals surface area (Å²) in [4.78, 5) is 16.5. The second-order valence-corrected chi connectivity index (χ2v) is 6.06. The van der Waals surface area contributed by atoms with E-state index in [1.165, 1.54) is 0 Å². The van der Waals surface area contributed by atoms with E-state index in [0.29, 0.717) is 5.56 Å². The van der Waals surface area contributed by atoms with Gasteiger partial charge < -0.3 is 15.5 Å². The van der Waals surface area contributed by atoms with Crippen LogP contribution in [0.4, 0.5) is 0 Å². The Balaban J connectivity index is 2.13. The third-order valence-corrected chi connectivity index (χ3v) is 4.14. The van der Waals surface area contributed by atoms with Gasteiger partial charge in [-0.1, -0.05) is 12.1 Å². The van der Waals surface area contributed by atoms with Gasteiger partial charge in [-0.05, 0) is 26.0 Å². The number of aliphatic hydroxyl groups is 2. The first-order valence-corrected chi connectivity index (χ1v) is 7.42. The highest BCUT2D eigenvalue weighted by molar-refractivity contribution is 7.13. The van der Waals surface area contributed by atoms with Gasteiger partial charge >= 0.3 is 0 Å². The molecule has 2 rings (SSSR count). The summed E-state index contributed by atoms with van der Waals surface area (Å²) in [5, 5.41) is 23.9. The second-order valence-electron chi connectivity index (χ2n) is 5.20. The SMILES string of the molecule is Cc1csc(-c2ccc(C(=O)NC(C)(CO)CO)cc2)n1. The first kappa shape index (κ1) is 15.6. The van der Waals surface area contributed by atoms with Crippen molar-refractivity contribution in [2.75, 3.05) is 13.2 Å². The quantitative estimate of drug-likeness (QED) is 0.783. The molecular weight excluding hydrogens is 288 g/mol.